The first-order valence-corrected chi connectivity index (χ1v) is 10.7. The molecule has 6 heteroatoms. The van der Waals surface area contributed by atoms with Crippen LogP contribution in [0.25, 0.3) is 0 Å². The van der Waals surface area contributed by atoms with Gasteiger partial charge in [0.05, 0.1) is 23.6 Å². The highest BCUT2D eigenvalue weighted by atomic mass is 16.5. The lowest BCUT2D eigenvalue weighted by Gasteiger charge is -2.25. The highest BCUT2D eigenvalue weighted by molar-refractivity contribution is 5.76. The lowest BCUT2D eigenvalue weighted by Crippen LogP contribution is -2.29. The Kier molecular flexibility index (Phi) is 7.29. The molecule has 0 bridgehead atoms. The van der Waals surface area contributed by atoms with Crippen molar-refractivity contribution in [2.75, 3.05) is 6.61 Å². The Morgan fingerprint density at radius 1 is 1.10 bits per heavy atom. The van der Waals surface area contributed by atoms with Gasteiger partial charge in [-0.05, 0) is 52.0 Å². The van der Waals surface area contributed by atoms with E-state index in [9.17, 15) is 9.59 Å². The molecular formula is C24H31NO5. The first-order chi connectivity index (χ1) is 14.4. The second-order valence-electron chi connectivity index (χ2n) is 8.60. The molecule has 0 aliphatic heterocycles. The summed E-state index contributed by atoms with van der Waals surface area (Å²) in [6.45, 7) is 6.19. The number of benzene rings is 1. The van der Waals surface area contributed by atoms with Gasteiger partial charge in [-0.3, -0.25) is 9.59 Å². The molecule has 30 heavy (non-hydrogen) atoms. The Morgan fingerprint density at radius 2 is 1.80 bits per heavy atom. The topological polar surface area (TPSA) is 78.6 Å². The van der Waals surface area contributed by atoms with Crippen LogP contribution in [0.5, 0.6) is 0 Å². The van der Waals surface area contributed by atoms with Crippen molar-refractivity contribution >= 4 is 11.9 Å². The zero-order chi connectivity index (χ0) is 21.6. The fraction of sp³-hybridized carbons (Fsp3) is 0.542. The number of carbonyl (C=O) groups is 2. The van der Waals surface area contributed by atoms with E-state index >= 15 is 0 Å². The van der Waals surface area contributed by atoms with Crippen LogP contribution in [0.2, 0.25) is 0 Å². The smallest absolute Gasteiger partial charge is 0.311 e. The molecule has 1 fully saturated rings. The highest BCUT2D eigenvalue weighted by Gasteiger charge is 2.33. The molecule has 1 aliphatic rings. The van der Waals surface area contributed by atoms with E-state index in [2.05, 4.69) is 4.98 Å². The summed E-state index contributed by atoms with van der Waals surface area (Å²) in [5.41, 5.74) is 1.11. The number of hydrogen-bond donors (Lipinski definition) is 0. The number of aromatic nitrogens is 1. The number of carbonyl (C=O) groups excluding carboxylic acids is 2. The van der Waals surface area contributed by atoms with Crippen molar-refractivity contribution in [1.29, 1.82) is 0 Å². The van der Waals surface area contributed by atoms with Crippen LogP contribution < -0.4 is 0 Å². The lowest BCUT2D eigenvalue weighted by atomic mass is 9.82. The minimum atomic E-state index is -0.648. The summed E-state index contributed by atoms with van der Waals surface area (Å²) >= 11 is 0. The van der Waals surface area contributed by atoms with Crippen LogP contribution in [-0.4, -0.2) is 23.5 Å². The molecule has 162 valence electrons. The molecule has 1 heterocycles. The molecule has 1 aromatic heterocycles. The van der Waals surface area contributed by atoms with E-state index in [0.29, 0.717) is 25.5 Å². The van der Waals surface area contributed by atoms with Gasteiger partial charge in [0.2, 0.25) is 0 Å². The summed E-state index contributed by atoms with van der Waals surface area (Å²) < 4.78 is 16.3. The first-order valence-electron chi connectivity index (χ1n) is 10.7. The fourth-order valence-electron chi connectivity index (χ4n) is 3.87. The van der Waals surface area contributed by atoms with Gasteiger partial charge >= 0.3 is 11.9 Å². The van der Waals surface area contributed by atoms with Crippen molar-refractivity contribution in [3.8, 4) is 0 Å². The number of ether oxygens (including phenoxy) is 2. The summed E-state index contributed by atoms with van der Waals surface area (Å²) in [6, 6.07) is 9.72. The Labute approximate surface area is 178 Å². The predicted octanol–water partition coefficient (Wildman–Crippen LogP) is 4.82. The first kappa shape index (κ1) is 22.1. The molecule has 1 aromatic carbocycles. The highest BCUT2D eigenvalue weighted by Crippen LogP contribution is 2.36. The molecule has 0 spiro atoms. The average Bonchev–Trinajstić information content (AvgIpc) is 3.21. The molecular weight excluding hydrogens is 382 g/mol. The van der Waals surface area contributed by atoms with E-state index in [1.54, 1.807) is 13.2 Å². The molecule has 0 atom stereocenters. The van der Waals surface area contributed by atoms with E-state index in [0.717, 1.165) is 36.9 Å². The van der Waals surface area contributed by atoms with Crippen molar-refractivity contribution in [3.63, 3.8) is 0 Å². The van der Waals surface area contributed by atoms with E-state index < -0.39 is 5.41 Å². The van der Waals surface area contributed by atoms with Gasteiger partial charge < -0.3 is 13.9 Å². The van der Waals surface area contributed by atoms with Crippen LogP contribution in [0.3, 0.4) is 0 Å². The van der Waals surface area contributed by atoms with Crippen molar-refractivity contribution in [2.45, 2.75) is 65.4 Å². The maximum atomic E-state index is 12.4. The maximum absolute atomic E-state index is 12.4. The molecule has 6 nitrogen and oxygen atoms in total. The molecule has 1 saturated carbocycles. The monoisotopic (exact) mass is 413 g/mol. The number of rotatable bonds is 8. The van der Waals surface area contributed by atoms with Crippen LogP contribution in [0, 0.1) is 11.3 Å². The Bertz CT molecular complexity index is 834. The molecule has 0 radical (unpaired) electrons. The molecule has 0 saturated heterocycles. The second kappa shape index (κ2) is 9.92. The molecule has 1 aliphatic carbocycles. The Balaban J connectivity index is 1.48. The van der Waals surface area contributed by atoms with E-state index in [4.69, 9.17) is 13.9 Å². The van der Waals surface area contributed by atoms with Crippen LogP contribution >= 0.6 is 0 Å². The predicted molar refractivity (Wildman–Crippen MR) is 112 cm³/mol. The third-order valence-corrected chi connectivity index (χ3v) is 5.65. The third kappa shape index (κ3) is 5.71. The molecule has 2 aromatic rings. The average molecular weight is 414 g/mol. The molecule has 0 amide bonds. The zero-order valence-electron chi connectivity index (χ0n) is 18.1. The van der Waals surface area contributed by atoms with Gasteiger partial charge in [-0.2, -0.15) is 0 Å². The van der Waals surface area contributed by atoms with Gasteiger partial charge in [0.25, 0.3) is 0 Å². The number of nitrogens with zero attached hydrogens (tertiary/aromatic N) is 1. The number of hydrogen-bond acceptors (Lipinski definition) is 6. The van der Waals surface area contributed by atoms with Crippen LogP contribution in [0.4, 0.5) is 0 Å². The minimum Gasteiger partial charge on any atom is -0.466 e. The fourth-order valence-corrected chi connectivity index (χ4v) is 3.87. The Hall–Kier alpha value is -2.63. The normalized spacial score (nSPS) is 19.3. The van der Waals surface area contributed by atoms with Gasteiger partial charge in [-0.25, -0.2) is 4.98 Å². The number of oxazole rings is 1. The largest absolute Gasteiger partial charge is 0.466 e. The Morgan fingerprint density at radius 3 is 2.47 bits per heavy atom. The van der Waals surface area contributed by atoms with Gasteiger partial charge in [-0.1, -0.05) is 30.3 Å². The summed E-state index contributed by atoms with van der Waals surface area (Å²) in [5, 5.41) is 0. The van der Waals surface area contributed by atoms with Crippen LogP contribution in [0.15, 0.2) is 41.0 Å². The zero-order valence-corrected chi connectivity index (χ0v) is 18.1. The minimum absolute atomic E-state index is 0.0675. The van der Waals surface area contributed by atoms with E-state index in [1.165, 1.54) is 0 Å². The van der Waals surface area contributed by atoms with Gasteiger partial charge in [-0.15, -0.1) is 0 Å². The van der Waals surface area contributed by atoms with Gasteiger partial charge in [0.15, 0.2) is 5.89 Å². The van der Waals surface area contributed by atoms with Crippen molar-refractivity contribution < 1.29 is 23.5 Å². The van der Waals surface area contributed by atoms with E-state index in [-0.39, 0.29) is 23.8 Å². The van der Waals surface area contributed by atoms with Gasteiger partial charge in [0, 0.05) is 12.3 Å². The maximum Gasteiger partial charge on any atom is 0.311 e. The second-order valence-corrected chi connectivity index (χ2v) is 8.60. The van der Waals surface area contributed by atoms with Crippen LogP contribution in [0.1, 0.15) is 69.5 Å². The summed E-state index contributed by atoms with van der Waals surface area (Å²) in [7, 11) is 0. The summed E-state index contributed by atoms with van der Waals surface area (Å²) in [4.78, 5) is 29.1. The van der Waals surface area contributed by atoms with Crippen molar-refractivity contribution in [1.82, 2.24) is 4.98 Å². The van der Waals surface area contributed by atoms with Crippen molar-refractivity contribution in [2.24, 2.45) is 11.3 Å². The van der Waals surface area contributed by atoms with E-state index in [1.807, 2.05) is 44.2 Å². The third-order valence-electron chi connectivity index (χ3n) is 5.65. The SMILES string of the molecule is CCOC(=O)C(C)(C)Cc1coc(C2CCC(C(=O)OCc3ccccc3)CC2)n1. The standard InChI is InChI=1S/C24H31NO5/c1-4-28-23(27)24(2,3)14-20-16-29-21(25-20)18-10-12-19(13-11-18)22(26)30-15-17-8-6-5-7-9-17/h5-9,16,18-19H,4,10-15H2,1-3H3. The summed E-state index contributed by atoms with van der Waals surface area (Å²) in [6.07, 6.45) is 5.32. The number of esters is 2. The van der Waals surface area contributed by atoms with Crippen molar-refractivity contribution in [3.05, 3.63) is 53.7 Å². The molecule has 3 rings (SSSR count). The van der Waals surface area contributed by atoms with Crippen LogP contribution in [-0.2, 0) is 32.1 Å². The van der Waals surface area contributed by atoms with Gasteiger partial charge in [0.1, 0.15) is 12.9 Å². The molecule has 0 N–H and O–H groups in total. The summed E-state index contributed by atoms with van der Waals surface area (Å²) in [5.74, 6) is 0.469. The molecule has 0 unspecified atom stereocenters. The quantitative estimate of drug-likeness (QED) is 0.577. The lowest BCUT2D eigenvalue weighted by molar-refractivity contribution is -0.153.